The van der Waals surface area contributed by atoms with Gasteiger partial charge in [0.15, 0.2) is 6.54 Å². The standard InChI is InChI=1S/C21H26N6O2.ClH/c1-21(2,22)20(28)23-18(15-29-14-17-11-7-4-8-12-17)19-24-26-27(25-19)13-16-9-5-3-6-10-16;/h3-12,18H,13-15,22H2,1-2H3,(H,23,28);1H/p+1/t18-;/m1./s1. The average molecular weight is 432 g/mol. The maximum absolute atomic E-state index is 12.4. The fraction of sp³-hybridized carbons (Fsp3) is 0.333. The molecule has 0 aliphatic carbocycles. The Hall–Kier alpha value is -2.81. The first-order valence-electron chi connectivity index (χ1n) is 9.49. The normalized spacial score (nSPS) is 12.1. The summed E-state index contributed by atoms with van der Waals surface area (Å²) < 4.78 is 5.82. The van der Waals surface area contributed by atoms with Crippen LogP contribution in [0.15, 0.2) is 60.7 Å². The Labute approximate surface area is 182 Å². The number of carbonyl (C=O) groups is 1. The number of hydrogen-bond donors (Lipinski definition) is 3. The number of tetrazole rings is 1. The Balaban J connectivity index is 0.00000320. The number of aromatic amines is 1. The van der Waals surface area contributed by atoms with Gasteiger partial charge in [0.05, 0.1) is 23.9 Å². The molecule has 30 heavy (non-hydrogen) atoms. The molecule has 3 rings (SSSR count). The van der Waals surface area contributed by atoms with Gasteiger partial charge in [0, 0.05) is 0 Å². The van der Waals surface area contributed by atoms with Gasteiger partial charge in [0.1, 0.15) is 6.04 Å². The molecule has 0 bridgehead atoms. The fourth-order valence-corrected chi connectivity index (χ4v) is 2.65. The van der Waals surface area contributed by atoms with Crippen molar-refractivity contribution in [2.24, 2.45) is 5.73 Å². The minimum Gasteiger partial charge on any atom is -0.374 e. The number of carbonyl (C=O) groups excluding carboxylic acids is 1. The molecule has 0 saturated heterocycles. The first-order chi connectivity index (χ1) is 13.9. The lowest BCUT2D eigenvalue weighted by molar-refractivity contribution is -0.798. The Kier molecular flexibility index (Phi) is 8.46. The number of amides is 1. The van der Waals surface area contributed by atoms with Crippen LogP contribution in [0.4, 0.5) is 0 Å². The Morgan fingerprint density at radius 2 is 1.73 bits per heavy atom. The van der Waals surface area contributed by atoms with E-state index in [0.29, 0.717) is 19.0 Å². The zero-order valence-corrected chi connectivity index (χ0v) is 17.9. The summed E-state index contributed by atoms with van der Waals surface area (Å²) in [5, 5.41) is 14.5. The molecule has 0 fully saturated rings. The zero-order valence-electron chi connectivity index (χ0n) is 17.1. The fourth-order valence-electron chi connectivity index (χ4n) is 2.65. The molecule has 0 aliphatic rings. The Morgan fingerprint density at radius 1 is 1.13 bits per heavy atom. The van der Waals surface area contributed by atoms with Crippen molar-refractivity contribution in [3.63, 3.8) is 0 Å². The lowest BCUT2D eigenvalue weighted by Crippen LogP contribution is -2.51. The Morgan fingerprint density at radius 3 is 2.33 bits per heavy atom. The second kappa shape index (κ2) is 10.8. The average Bonchev–Trinajstić information content (AvgIpc) is 3.16. The van der Waals surface area contributed by atoms with Gasteiger partial charge in [-0.15, -0.1) is 12.4 Å². The number of aromatic nitrogens is 4. The van der Waals surface area contributed by atoms with E-state index >= 15 is 0 Å². The topological polar surface area (TPSA) is 110 Å². The Bertz CT molecular complexity index is 912. The molecular weight excluding hydrogens is 404 g/mol. The molecule has 1 aromatic heterocycles. The maximum Gasteiger partial charge on any atom is 0.332 e. The van der Waals surface area contributed by atoms with Gasteiger partial charge in [0.25, 0.3) is 0 Å². The number of hydrogen-bond acceptors (Lipinski definition) is 5. The van der Waals surface area contributed by atoms with Crippen molar-refractivity contribution < 1.29 is 14.3 Å². The van der Waals surface area contributed by atoms with Crippen LogP contribution in [-0.2, 0) is 22.7 Å². The van der Waals surface area contributed by atoms with Crippen molar-refractivity contribution in [2.75, 3.05) is 6.61 Å². The molecule has 9 heteroatoms. The molecule has 160 valence electrons. The quantitative estimate of drug-likeness (QED) is 0.446. The molecule has 1 heterocycles. The second-order valence-electron chi connectivity index (χ2n) is 7.46. The molecule has 0 spiro atoms. The van der Waals surface area contributed by atoms with Gasteiger partial charge in [-0.2, -0.15) is 0 Å². The molecule has 4 N–H and O–H groups in total. The molecule has 8 nitrogen and oxygen atoms in total. The molecule has 3 aromatic rings. The zero-order chi connectivity index (χ0) is 20.7. The number of nitrogens with two attached hydrogens (primary N) is 1. The summed E-state index contributed by atoms with van der Waals surface area (Å²) in [4.78, 5) is 14.0. The van der Waals surface area contributed by atoms with E-state index < -0.39 is 11.6 Å². The summed E-state index contributed by atoms with van der Waals surface area (Å²) in [6.07, 6.45) is 0. The molecule has 0 saturated carbocycles. The van der Waals surface area contributed by atoms with Gasteiger partial charge in [-0.25, -0.2) is 0 Å². The van der Waals surface area contributed by atoms with E-state index in [2.05, 4.69) is 20.7 Å². The molecule has 1 atom stereocenters. The van der Waals surface area contributed by atoms with Crippen LogP contribution in [0.5, 0.6) is 0 Å². The van der Waals surface area contributed by atoms with Gasteiger partial charge in [-0.05, 0) is 35.3 Å². The number of nitrogens with one attached hydrogen (secondary N) is 2. The van der Waals surface area contributed by atoms with E-state index in [9.17, 15) is 4.79 Å². The highest BCUT2D eigenvalue weighted by atomic mass is 35.5. The number of rotatable bonds is 9. The van der Waals surface area contributed by atoms with Crippen LogP contribution in [0.2, 0.25) is 0 Å². The summed E-state index contributed by atoms with van der Waals surface area (Å²) in [5.41, 5.74) is 7.04. The number of halogens is 1. The van der Waals surface area contributed by atoms with Crippen molar-refractivity contribution in [1.82, 2.24) is 20.7 Å². The number of nitrogens with zero attached hydrogens (tertiary/aromatic N) is 3. The highest BCUT2D eigenvalue weighted by Crippen LogP contribution is 2.11. The first kappa shape index (κ1) is 23.5. The third-order valence-corrected chi connectivity index (χ3v) is 4.28. The summed E-state index contributed by atoms with van der Waals surface area (Å²) in [5.74, 6) is 0.136. The highest BCUT2D eigenvalue weighted by molar-refractivity contribution is 5.85. The van der Waals surface area contributed by atoms with E-state index in [-0.39, 0.29) is 24.9 Å². The molecule has 0 unspecified atom stereocenters. The van der Waals surface area contributed by atoms with E-state index in [0.717, 1.165) is 11.1 Å². The monoisotopic (exact) mass is 431 g/mol. The summed E-state index contributed by atoms with van der Waals surface area (Å²) in [6.45, 7) is 4.49. The largest absolute Gasteiger partial charge is 0.374 e. The minimum absolute atomic E-state index is 0. The molecule has 2 aromatic carbocycles. The van der Waals surface area contributed by atoms with Crippen molar-refractivity contribution in [2.45, 2.75) is 38.6 Å². The summed E-state index contributed by atoms with van der Waals surface area (Å²) in [7, 11) is 0. The minimum atomic E-state index is -1.02. The van der Waals surface area contributed by atoms with E-state index in [1.54, 1.807) is 18.6 Å². The van der Waals surface area contributed by atoms with Gasteiger partial charge in [0.2, 0.25) is 5.91 Å². The summed E-state index contributed by atoms with van der Waals surface area (Å²) in [6, 6.07) is 19.2. The lowest BCUT2D eigenvalue weighted by Gasteiger charge is -2.21. The molecule has 0 radical (unpaired) electrons. The van der Waals surface area contributed by atoms with Crippen molar-refractivity contribution in [3.05, 3.63) is 77.6 Å². The van der Waals surface area contributed by atoms with E-state index in [1.807, 2.05) is 60.7 Å². The second-order valence-corrected chi connectivity index (χ2v) is 7.46. The van der Waals surface area contributed by atoms with Crippen LogP contribution in [0.3, 0.4) is 0 Å². The molecule has 1 amide bonds. The van der Waals surface area contributed by atoms with Crippen LogP contribution in [0.25, 0.3) is 0 Å². The number of H-pyrrole nitrogens is 1. The van der Waals surface area contributed by atoms with Crippen molar-refractivity contribution >= 4 is 18.3 Å². The number of benzene rings is 2. The molecular formula is C21H28ClN6O2+. The highest BCUT2D eigenvalue weighted by Gasteiger charge is 2.30. The third-order valence-electron chi connectivity index (χ3n) is 4.28. The SMILES string of the molecule is CC(C)(N)C(=O)N[C@H](COCc1ccccc1)c1n[nH][n+](Cc2ccccc2)n1.Cl. The maximum atomic E-state index is 12.4. The number of ether oxygens (including phenoxy) is 1. The summed E-state index contributed by atoms with van der Waals surface area (Å²) >= 11 is 0. The van der Waals surface area contributed by atoms with Gasteiger partial charge >= 0.3 is 5.82 Å². The van der Waals surface area contributed by atoms with E-state index in [4.69, 9.17) is 10.5 Å². The molecule has 0 aliphatic heterocycles. The first-order valence-corrected chi connectivity index (χ1v) is 9.49. The predicted molar refractivity (Wildman–Crippen MR) is 115 cm³/mol. The van der Waals surface area contributed by atoms with E-state index in [1.165, 1.54) is 0 Å². The van der Waals surface area contributed by atoms with Gasteiger partial charge < -0.3 is 15.8 Å². The van der Waals surface area contributed by atoms with Gasteiger partial charge in [-0.1, -0.05) is 65.5 Å². The van der Waals surface area contributed by atoms with Crippen molar-refractivity contribution in [1.29, 1.82) is 0 Å². The van der Waals surface area contributed by atoms with Crippen LogP contribution >= 0.6 is 12.4 Å². The van der Waals surface area contributed by atoms with Crippen LogP contribution in [-0.4, -0.2) is 33.5 Å². The van der Waals surface area contributed by atoms with Crippen LogP contribution in [0, 0.1) is 0 Å². The predicted octanol–water partition coefficient (Wildman–Crippen LogP) is 1.67. The van der Waals surface area contributed by atoms with Crippen LogP contribution in [0.1, 0.15) is 36.8 Å². The smallest absolute Gasteiger partial charge is 0.332 e. The van der Waals surface area contributed by atoms with Gasteiger partial charge in [-0.3, -0.25) is 4.79 Å². The third kappa shape index (κ3) is 6.91. The van der Waals surface area contributed by atoms with Crippen LogP contribution < -0.4 is 15.8 Å². The lowest BCUT2D eigenvalue weighted by atomic mass is 10.1. The van der Waals surface area contributed by atoms with Crippen molar-refractivity contribution in [3.8, 4) is 0 Å².